The molecule has 0 N–H and O–H groups in total. The van der Waals surface area contributed by atoms with Crippen LogP contribution in [0.5, 0.6) is 0 Å². The standard InChI is InChI=1S/C22H32BIO2/c1-20(2)21(3,4)26-23(25-20)24-15-18-14-22(18,17-12-6-5-7-13-17)19(24)16-10-8-9-11-16/h5-7,12-13,16,18-19H,8-11,14-15H2,1-4H3/t18-,19+,22+/m1/s1. The summed E-state index contributed by atoms with van der Waals surface area (Å²) in [6.45, 7) is 8.88. The van der Waals surface area contributed by atoms with Crippen molar-refractivity contribution in [3.63, 3.8) is 0 Å². The quantitative estimate of drug-likeness (QED) is 0.328. The predicted octanol–water partition coefficient (Wildman–Crippen LogP) is 5.61. The van der Waals surface area contributed by atoms with E-state index in [2.05, 4.69) is 58.0 Å². The Kier molecular flexibility index (Phi) is 4.13. The van der Waals surface area contributed by atoms with E-state index in [0.29, 0.717) is 5.41 Å². The third-order valence-corrected chi connectivity index (χ3v) is 15.6. The topological polar surface area (TPSA) is 18.5 Å². The van der Waals surface area contributed by atoms with Gasteiger partial charge in [-0.15, -0.1) is 0 Å². The van der Waals surface area contributed by atoms with Crippen LogP contribution in [0.4, 0.5) is 0 Å². The molecule has 0 aromatic heterocycles. The Balaban J connectivity index is 1.50. The fraction of sp³-hybridized carbons (Fsp3) is 0.727. The Morgan fingerprint density at radius 3 is 2.19 bits per heavy atom. The first-order valence-electron chi connectivity index (χ1n) is 10.4. The Labute approximate surface area is 166 Å². The SMILES string of the molecule is CC1(C)OB(I2C[C@H]3C[C@@]3(c3ccccc3)[C@@H]2C2CCCC2)OC1(C)C. The Hall–Kier alpha value is -0.0651. The molecule has 2 aliphatic carbocycles. The van der Waals surface area contributed by atoms with Gasteiger partial charge in [-0.25, -0.2) is 0 Å². The van der Waals surface area contributed by atoms with Gasteiger partial charge in [0, 0.05) is 0 Å². The van der Waals surface area contributed by atoms with Crippen LogP contribution < -0.4 is 0 Å². The number of halogens is 1. The van der Waals surface area contributed by atoms with Gasteiger partial charge in [0.2, 0.25) is 0 Å². The second-order valence-corrected chi connectivity index (χ2v) is 15.6. The van der Waals surface area contributed by atoms with Crippen LogP contribution in [0.3, 0.4) is 0 Å². The first-order valence-corrected chi connectivity index (χ1v) is 14.4. The summed E-state index contributed by atoms with van der Waals surface area (Å²) in [5.74, 6) is 1.83. The summed E-state index contributed by atoms with van der Waals surface area (Å²) in [5, 5.41) is 0. The van der Waals surface area contributed by atoms with Crippen molar-refractivity contribution in [3.8, 4) is 0 Å². The van der Waals surface area contributed by atoms with Crippen LogP contribution in [0.2, 0.25) is 0 Å². The zero-order valence-electron chi connectivity index (χ0n) is 16.6. The molecule has 142 valence electrons. The van der Waals surface area contributed by atoms with Crippen molar-refractivity contribution in [1.29, 1.82) is 0 Å². The Morgan fingerprint density at radius 1 is 0.962 bits per heavy atom. The van der Waals surface area contributed by atoms with E-state index in [1.807, 2.05) is 0 Å². The van der Waals surface area contributed by atoms with E-state index >= 15 is 0 Å². The van der Waals surface area contributed by atoms with Gasteiger partial charge in [-0.2, -0.15) is 0 Å². The monoisotopic (exact) mass is 466 g/mol. The summed E-state index contributed by atoms with van der Waals surface area (Å²) in [6.07, 6.45) is 7.18. The van der Waals surface area contributed by atoms with Gasteiger partial charge in [0.05, 0.1) is 0 Å². The Morgan fingerprint density at radius 2 is 1.58 bits per heavy atom. The third kappa shape index (κ3) is 2.50. The summed E-state index contributed by atoms with van der Waals surface area (Å²) in [6, 6.07) is 11.5. The molecule has 1 aromatic carbocycles. The Bertz CT molecular complexity index is 669. The molecular weight excluding hydrogens is 434 g/mol. The molecule has 3 atom stereocenters. The third-order valence-electron chi connectivity index (χ3n) is 7.89. The molecule has 4 aliphatic rings. The number of rotatable bonds is 3. The fourth-order valence-electron chi connectivity index (χ4n) is 5.67. The first kappa shape index (κ1) is 18.0. The second kappa shape index (κ2) is 5.97. The van der Waals surface area contributed by atoms with E-state index in [-0.39, 0.29) is 16.2 Å². The average molecular weight is 466 g/mol. The maximum absolute atomic E-state index is 6.63. The number of alkyl halides is 2. The molecule has 0 amide bonds. The number of hydrogen-bond acceptors (Lipinski definition) is 2. The van der Waals surface area contributed by atoms with Gasteiger partial charge >= 0.3 is 166 Å². The van der Waals surface area contributed by atoms with Crippen molar-refractivity contribution < 1.29 is 9.31 Å². The van der Waals surface area contributed by atoms with Crippen LogP contribution in [-0.2, 0) is 14.7 Å². The van der Waals surface area contributed by atoms with E-state index in [1.54, 1.807) is 5.56 Å². The normalized spacial score (nSPS) is 39.4. The van der Waals surface area contributed by atoms with Crippen molar-refractivity contribution in [2.45, 2.75) is 80.3 Å². The molecule has 4 heteroatoms. The molecule has 0 unspecified atom stereocenters. The minimum atomic E-state index is -1.37. The van der Waals surface area contributed by atoms with E-state index in [4.69, 9.17) is 9.31 Å². The van der Waals surface area contributed by atoms with Crippen LogP contribution in [0.1, 0.15) is 65.4 Å². The van der Waals surface area contributed by atoms with E-state index < -0.39 is 19.6 Å². The summed E-state index contributed by atoms with van der Waals surface area (Å²) in [4.78, 5) is 0.128. The summed E-state index contributed by atoms with van der Waals surface area (Å²) >= 11 is -1.37. The van der Waals surface area contributed by atoms with Gasteiger partial charge in [0.15, 0.2) is 0 Å². The number of fused-ring (bicyclic) bond motifs is 1. The van der Waals surface area contributed by atoms with Crippen LogP contribution >= 0.6 is 19.6 Å². The van der Waals surface area contributed by atoms with Gasteiger partial charge in [-0.1, -0.05) is 0 Å². The number of hydrogen-bond donors (Lipinski definition) is 0. The van der Waals surface area contributed by atoms with Crippen molar-refractivity contribution in [2.24, 2.45) is 11.8 Å². The van der Waals surface area contributed by atoms with Crippen molar-refractivity contribution >= 4 is 24.6 Å². The van der Waals surface area contributed by atoms with E-state index in [1.165, 1.54) is 36.5 Å². The minimum absolute atomic E-state index is 0.128. The fourth-order valence-corrected chi connectivity index (χ4v) is 16.1. The van der Waals surface area contributed by atoms with Gasteiger partial charge < -0.3 is 0 Å². The predicted molar refractivity (Wildman–Crippen MR) is 117 cm³/mol. The van der Waals surface area contributed by atoms with Gasteiger partial charge in [0.1, 0.15) is 0 Å². The molecule has 0 bridgehead atoms. The summed E-state index contributed by atoms with van der Waals surface area (Å²) in [5.41, 5.74) is 1.74. The number of benzene rings is 1. The zero-order valence-corrected chi connectivity index (χ0v) is 18.8. The zero-order chi connectivity index (χ0) is 18.2. The molecule has 0 spiro atoms. The van der Waals surface area contributed by atoms with E-state index in [9.17, 15) is 0 Å². The van der Waals surface area contributed by atoms with Crippen molar-refractivity contribution in [2.75, 3.05) is 4.43 Å². The van der Waals surface area contributed by atoms with Crippen LogP contribution in [0, 0.1) is 11.8 Å². The molecular formula is C22H32BIO2. The molecule has 2 saturated heterocycles. The average Bonchev–Trinajstić information content (AvgIpc) is 2.92. The summed E-state index contributed by atoms with van der Waals surface area (Å²) in [7, 11) is 0. The molecule has 2 aliphatic heterocycles. The van der Waals surface area contributed by atoms with Crippen LogP contribution in [0.25, 0.3) is 0 Å². The summed E-state index contributed by atoms with van der Waals surface area (Å²) < 4.78 is 15.6. The molecule has 2 nitrogen and oxygen atoms in total. The first-order chi connectivity index (χ1) is 12.4. The van der Waals surface area contributed by atoms with E-state index in [0.717, 1.165) is 15.8 Å². The van der Waals surface area contributed by atoms with Gasteiger partial charge in [0.25, 0.3) is 0 Å². The second-order valence-electron chi connectivity index (χ2n) is 9.87. The molecule has 4 fully saturated rings. The molecule has 2 heterocycles. The molecule has 2 saturated carbocycles. The molecule has 5 rings (SSSR count). The van der Waals surface area contributed by atoms with Crippen molar-refractivity contribution in [1.82, 2.24) is 0 Å². The van der Waals surface area contributed by atoms with Crippen molar-refractivity contribution in [3.05, 3.63) is 35.9 Å². The molecule has 1 aromatic rings. The van der Waals surface area contributed by atoms with Crippen LogP contribution in [0.15, 0.2) is 30.3 Å². The van der Waals surface area contributed by atoms with Gasteiger partial charge in [-0.05, 0) is 0 Å². The van der Waals surface area contributed by atoms with Gasteiger partial charge in [-0.3, -0.25) is 0 Å². The van der Waals surface area contributed by atoms with Crippen LogP contribution in [-0.4, -0.2) is 24.5 Å². The molecule has 26 heavy (non-hydrogen) atoms. The molecule has 0 radical (unpaired) electrons. The maximum atomic E-state index is 6.63.